The van der Waals surface area contributed by atoms with Gasteiger partial charge in [-0.2, -0.15) is 11.8 Å². The predicted molar refractivity (Wildman–Crippen MR) is 69.6 cm³/mol. The van der Waals surface area contributed by atoms with Gasteiger partial charge in [-0.25, -0.2) is 4.39 Å². The van der Waals surface area contributed by atoms with Crippen molar-refractivity contribution in [2.45, 2.75) is 12.1 Å². The average molecular weight is 277 g/mol. The Kier molecular flexibility index (Phi) is 7.55. The summed E-state index contributed by atoms with van der Waals surface area (Å²) in [5.74, 6) is 1.71. The number of alkyl halides is 1. The van der Waals surface area contributed by atoms with Gasteiger partial charge in [-0.3, -0.25) is 4.90 Å². The number of halogens is 3. The fourth-order valence-corrected chi connectivity index (χ4v) is 3.23. The summed E-state index contributed by atoms with van der Waals surface area (Å²) >= 11 is 1.75. The van der Waals surface area contributed by atoms with E-state index in [-0.39, 0.29) is 24.8 Å². The van der Waals surface area contributed by atoms with Crippen molar-refractivity contribution in [1.29, 1.82) is 0 Å². The van der Waals surface area contributed by atoms with E-state index in [0.29, 0.717) is 12.3 Å². The second-order valence-electron chi connectivity index (χ2n) is 3.98. The Morgan fingerprint density at radius 1 is 1.27 bits per heavy atom. The van der Waals surface area contributed by atoms with Crippen molar-refractivity contribution in [3.63, 3.8) is 0 Å². The molecule has 1 unspecified atom stereocenters. The minimum atomic E-state index is -0.887. The number of nitrogens with zero attached hydrogens (tertiary/aromatic N) is 1. The highest BCUT2D eigenvalue weighted by molar-refractivity contribution is 7.99. The average Bonchev–Trinajstić information content (AvgIpc) is 2.54. The van der Waals surface area contributed by atoms with Gasteiger partial charge in [0.05, 0.1) is 0 Å². The highest BCUT2D eigenvalue weighted by Gasteiger charge is 2.36. The van der Waals surface area contributed by atoms with Gasteiger partial charge in [-0.1, -0.05) is 0 Å². The summed E-state index contributed by atoms with van der Waals surface area (Å²) in [7, 11) is 0. The molecule has 0 aromatic rings. The third-order valence-corrected chi connectivity index (χ3v) is 3.99. The molecule has 15 heavy (non-hydrogen) atoms. The third-order valence-electron chi connectivity index (χ3n) is 2.77. The molecule has 1 atom stereocenters. The van der Waals surface area contributed by atoms with E-state index in [1.165, 1.54) is 0 Å². The minimum Gasteiger partial charge on any atom is -0.314 e. The quantitative estimate of drug-likeness (QED) is 0.825. The van der Waals surface area contributed by atoms with Crippen molar-refractivity contribution in [3.05, 3.63) is 0 Å². The van der Waals surface area contributed by atoms with Gasteiger partial charge in [-0.05, 0) is 12.2 Å². The van der Waals surface area contributed by atoms with E-state index in [0.717, 1.165) is 38.4 Å². The van der Waals surface area contributed by atoms with Crippen molar-refractivity contribution in [1.82, 2.24) is 10.2 Å². The summed E-state index contributed by atoms with van der Waals surface area (Å²) < 4.78 is 14.0. The molecule has 0 aromatic carbocycles. The smallest absolute Gasteiger partial charge is 0.133 e. The molecule has 0 aliphatic carbocycles. The van der Waals surface area contributed by atoms with E-state index in [1.807, 2.05) is 0 Å². The van der Waals surface area contributed by atoms with Gasteiger partial charge in [0.25, 0.3) is 0 Å². The Morgan fingerprint density at radius 3 is 2.47 bits per heavy atom. The first-order valence-electron chi connectivity index (χ1n) is 4.98. The zero-order chi connectivity index (χ0) is 9.15. The van der Waals surface area contributed by atoms with Gasteiger partial charge in [0.15, 0.2) is 0 Å². The van der Waals surface area contributed by atoms with Crippen LogP contribution in [0.1, 0.15) is 6.42 Å². The standard InChI is InChI=1S/C9H17FN2S.2ClH/c10-9(1-6-13-8-9)7-12-4-2-11-3-5-12;;/h11H,1-8H2;2*1H. The van der Waals surface area contributed by atoms with E-state index in [2.05, 4.69) is 10.2 Å². The van der Waals surface area contributed by atoms with Crippen LogP contribution in [-0.4, -0.2) is 54.8 Å². The molecule has 2 nitrogen and oxygen atoms in total. The normalized spacial score (nSPS) is 31.8. The largest absolute Gasteiger partial charge is 0.314 e. The van der Waals surface area contributed by atoms with E-state index in [9.17, 15) is 4.39 Å². The van der Waals surface area contributed by atoms with Crippen LogP contribution >= 0.6 is 36.6 Å². The lowest BCUT2D eigenvalue weighted by Gasteiger charge is -2.32. The maximum atomic E-state index is 14.0. The van der Waals surface area contributed by atoms with Crippen LogP contribution in [0.25, 0.3) is 0 Å². The van der Waals surface area contributed by atoms with Gasteiger partial charge >= 0.3 is 0 Å². The maximum Gasteiger partial charge on any atom is 0.133 e. The molecule has 2 rings (SSSR count). The van der Waals surface area contributed by atoms with Crippen LogP contribution in [0, 0.1) is 0 Å². The van der Waals surface area contributed by atoms with Crippen LogP contribution in [0.15, 0.2) is 0 Å². The Bertz CT molecular complexity index is 173. The SMILES string of the molecule is Cl.Cl.FC1(CN2CCNCC2)CCSC1. The summed E-state index contributed by atoms with van der Waals surface area (Å²) in [6, 6.07) is 0. The number of hydrogen-bond acceptors (Lipinski definition) is 3. The van der Waals surface area contributed by atoms with E-state index in [4.69, 9.17) is 0 Å². The molecule has 0 amide bonds. The van der Waals surface area contributed by atoms with E-state index in [1.54, 1.807) is 11.8 Å². The zero-order valence-corrected chi connectivity index (χ0v) is 11.2. The fraction of sp³-hybridized carbons (Fsp3) is 1.00. The van der Waals surface area contributed by atoms with Crippen LogP contribution in [0.3, 0.4) is 0 Å². The Labute approximate surface area is 108 Å². The van der Waals surface area contributed by atoms with Crippen molar-refractivity contribution in [2.75, 3.05) is 44.2 Å². The molecule has 2 fully saturated rings. The summed E-state index contributed by atoms with van der Waals surface area (Å²) in [6.45, 7) is 4.71. The second kappa shape index (κ2) is 7.17. The third kappa shape index (κ3) is 4.65. The van der Waals surface area contributed by atoms with E-state index < -0.39 is 5.67 Å². The highest BCUT2D eigenvalue weighted by Crippen LogP contribution is 2.32. The molecule has 2 heterocycles. The second-order valence-corrected chi connectivity index (χ2v) is 5.08. The number of thioether (sulfide) groups is 1. The molecule has 0 spiro atoms. The van der Waals surface area contributed by atoms with Gasteiger partial charge in [0.2, 0.25) is 0 Å². The summed E-state index contributed by atoms with van der Waals surface area (Å²) in [5.41, 5.74) is -0.887. The van der Waals surface area contributed by atoms with Gasteiger partial charge in [-0.15, -0.1) is 24.8 Å². The molecule has 0 bridgehead atoms. The number of hydrogen-bond donors (Lipinski definition) is 1. The lowest BCUT2D eigenvalue weighted by molar-refractivity contribution is 0.106. The molecule has 92 valence electrons. The predicted octanol–water partition coefficient (Wildman–Crippen LogP) is 1.58. The molecular weight excluding hydrogens is 258 g/mol. The molecule has 1 N–H and O–H groups in total. The van der Waals surface area contributed by atoms with Gasteiger partial charge < -0.3 is 5.32 Å². The van der Waals surface area contributed by atoms with Gasteiger partial charge in [0.1, 0.15) is 5.67 Å². The molecule has 0 radical (unpaired) electrons. The Hall–Kier alpha value is 0.780. The van der Waals surface area contributed by atoms with Crippen molar-refractivity contribution >= 4 is 36.6 Å². The lowest BCUT2D eigenvalue weighted by Crippen LogP contribution is -2.49. The van der Waals surface area contributed by atoms with Gasteiger partial charge in [0, 0.05) is 38.5 Å². The van der Waals surface area contributed by atoms with Crippen LogP contribution < -0.4 is 5.32 Å². The van der Waals surface area contributed by atoms with E-state index >= 15 is 0 Å². The van der Waals surface area contributed by atoms with Crippen LogP contribution in [-0.2, 0) is 0 Å². The molecular formula is C9H19Cl2FN2S. The van der Waals surface area contributed by atoms with Crippen LogP contribution in [0.2, 0.25) is 0 Å². The Balaban J connectivity index is 0.000000980. The molecule has 0 aromatic heterocycles. The zero-order valence-electron chi connectivity index (χ0n) is 8.71. The van der Waals surface area contributed by atoms with Crippen LogP contribution in [0.4, 0.5) is 4.39 Å². The molecule has 2 saturated heterocycles. The minimum absolute atomic E-state index is 0. The van der Waals surface area contributed by atoms with Crippen molar-refractivity contribution < 1.29 is 4.39 Å². The number of piperazine rings is 1. The fourth-order valence-electron chi connectivity index (χ4n) is 1.98. The highest BCUT2D eigenvalue weighted by atomic mass is 35.5. The summed E-state index contributed by atoms with van der Waals surface area (Å²) in [5, 5.41) is 3.28. The van der Waals surface area contributed by atoms with Crippen LogP contribution in [0.5, 0.6) is 0 Å². The first-order chi connectivity index (χ1) is 6.29. The first-order valence-corrected chi connectivity index (χ1v) is 6.14. The molecule has 2 aliphatic heterocycles. The molecule has 0 saturated carbocycles. The number of nitrogens with one attached hydrogen (secondary N) is 1. The molecule has 2 aliphatic rings. The lowest BCUT2D eigenvalue weighted by atomic mass is 10.1. The number of rotatable bonds is 2. The van der Waals surface area contributed by atoms with Crippen molar-refractivity contribution in [2.24, 2.45) is 0 Å². The molecule has 6 heteroatoms. The monoisotopic (exact) mass is 276 g/mol. The summed E-state index contributed by atoms with van der Waals surface area (Å²) in [4.78, 5) is 2.25. The Morgan fingerprint density at radius 2 is 1.93 bits per heavy atom. The maximum absolute atomic E-state index is 14.0. The topological polar surface area (TPSA) is 15.3 Å². The first kappa shape index (κ1) is 15.8. The summed E-state index contributed by atoms with van der Waals surface area (Å²) in [6.07, 6.45) is 0.752. The van der Waals surface area contributed by atoms with Crippen molar-refractivity contribution in [3.8, 4) is 0 Å².